The van der Waals surface area contributed by atoms with E-state index in [9.17, 15) is 8.42 Å². The van der Waals surface area contributed by atoms with E-state index < -0.39 is 10.0 Å². The summed E-state index contributed by atoms with van der Waals surface area (Å²) >= 11 is 0. The van der Waals surface area contributed by atoms with Crippen LogP contribution in [0.5, 0.6) is 0 Å². The molecule has 6 heteroatoms. The molecule has 1 aromatic carbocycles. The Labute approximate surface area is 118 Å². The lowest BCUT2D eigenvalue weighted by Gasteiger charge is -2.06. The number of hydrogen-bond donors (Lipinski definition) is 2. The van der Waals surface area contributed by atoms with Crippen LogP contribution < -0.4 is 10.5 Å². The first-order valence-corrected chi connectivity index (χ1v) is 8.07. The molecule has 0 unspecified atom stereocenters. The van der Waals surface area contributed by atoms with Crippen LogP contribution in [0, 0.1) is 0 Å². The van der Waals surface area contributed by atoms with Gasteiger partial charge in [0, 0.05) is 30.2 Å². The molecule has 1 saturated carbocycles. The fourth-order valence-corrected chi connectivity index (χ4v) is 3.33. The average Bonchev–Trinajstić information content (AvgIpc) is 3.18. The van der Waals surface area contributed by atoms with Crippen LogP contribution >= 0.6 is 0 Å². The van der Waals surface area contributed by atoms with Gasteiger partial charge in [0.15, 0.2) is 0 Å². The zero-order valence-electron chi connectivity index (χ0n) is 11.0. The van der Waals surface area contributed by atoms with E-state index in [-0.39, 0.29) is 4.90 Å². The molecule has 0 aliphatic heterocycles. The predicted octanol–water partition coefficient (Wildman–Crippen LogP) is 2.08. The quantitative estimate of drug-likeness (QED) is 0.885. The van der Waals surface area contributed by atoms with Crippen LogP contribution in [0.4, 0.5) is 5.69 Å². The summed E-state index contributed by atoms with van der Waals surface area (Å²) in [6, 6.07) is 10.9. The van der Waals surface area contributed by atoms with E-state index in [1.165, 1.54) is 0 Å². The van der Waals surface area contributed by atoms with E-state index in [1.807, 2.05) is 10.6 Å². The first-order chi connectivity index (χ1) is 9.60. The SMILES string of the molecule is NCc1cc(S(=O)(=O)Nc2ccccc2)cn1C1CC1. The van der Waals surface area contributed by atoms with Gasteiger partial charge >= 0.3 is 0 Å². The van der Waals surface area contributed by atoms with Crippen LogP contribution in [-0.4, -0.2) is 13.0 Å². The molecule has 5 nitrogen and oxygen atoms in total. The molecule has 20 heavy (non-hydrogen) atoms. The van der Waals surface area contributed by atoms with Gasteiger partial charge in [-0.05, 0) is 31.0 Å². The van der Waals surface area contributed by atoms with Crippen molar-refractivity contribution >= 4 is 15.7 Å². The Balaban J connectivity index is 1.91. The van der Waals surface area contributed by atoms with Crippen LogP contribution in [-0.2, 0) is 16.6 Å². The van der Waals surface area contributed by atoms with Crippen LogP contribution in [0.2, 0.25) is 0 Å². The van der Waals surface area contributed by atoms with Gasteiger partial charge in [-0.25, -0.2) is 8.42 Å². The molecule has 0 spiro atoms. The monoisotopic (exact) mass is 291 g/mol. The highest BCUT2D eigenvalue weighted by Crippen LogP contribution is 2.37. The molecule has 1 aliphatic rings. The zero-order chi connectivity index (χ0) is 14.2. The maximum Gasteiger partial charge on any atom is 0.263 e. The van der Waals surface area contributed by atoms with Crippen LogP contribution in [0.1, 0.15) is 24.6 Å². The number of benzene rings is 1. The predicted molar refractivity (Wildman–Crippen MR) is 77.8 cm³/mol. The van der Waals surface area contributed by atoms with E-state index in [0.29, 0.717) is 18.3 Å². The van der Waals surface area contributed by atoms with Gasteiger partial charge in [0.1, 0.15) is 4.90 Å². The molecule has 1 fully saturated rings. The summed E-state index contributed by atoms with van der Waals surface area (Å²) in [4.78, 5) is 0.272. The van der Waals surface area contributed by atoms with E-state index >= 15 is 0 Å². The number of nitrogens with zero attached hydrogens (tertiary/aromatic N) is 1. The molecule has 3 N–H and O–H groups in total. The standard InChI is InChI=1S/C14H17N3O2S/c15-9-13-8-14(10-17(13)12-6-7-12)20(18,19)16-11-4-2-1-3-5-11/h1-5,8,10,12,16H,6-7,9,15H2. The summed E-state index contributed by atoms with van der Waals surface area (Å²) in [5, 5.41) is 0. The molecule has 0 radical (unpaired) electrons. The van der Waals surface area contributed by atoms with E-state index in [4.69, 9.17) is 5.73 Å². The van der Waals surface area contributed by atoms with Gasteiger partial charge < -0.3 is 10.3 Å². The van der Waals surface area contributed by atoms with Crippen molar-refractivity contribution in [1.29, 1.82) is 0 Å². The summed E-state index contributed by atoms with van der Waals surface area (Å²) in [6.07, 6.45) is 3.87. The number of nitrogens with one attached hydrogen (secondary N) is 1. The summed E-state index contributed by atoms with van der Waals surface area (Å²) in [5.41, 5.74) is 7.11. The van der Waals surface area contributed by atoms with Gasteiger partial charge in [0.25, 0.3) is 10.0 Å². The average molecular weight is 291 g/mol. The van der Waals surface area contributed by atoms with Crippen molar-refractivity contribution in [3.05, 3.63) is 48.3 Å². The highest BCUT2D eigenvalue weighted by molar-refractivity contribution is 7.92. The molecule has 0 bridgehead atoms. The van der Waals surface area contributed by atoms with Crippen LogP contribution in [0.15, 0.2) is 47.5 Å². The molecular weight excluding hydrogens is 274 g/mol. The van der Waals surface area contributed by atoms with Gasteiger partial charge in [-0.15, -0.1) is 0 Å². The highest BCUT2D eigenvalue weighted by atomic mass is 32.2. The second kappa shape index (κ2) is 4.96. The molecule has 0 atom stereocenters. The Morgan fingerprint density at radius 2 is 1.95 bits per heavy atom. The van der Waals surface area contributed by atoms with E-state index in [1.54, 1.807) is 36.5 Å². The number of para-hydroxylation sites is 1. The van der Waals surface area contributed by atoms with Gasteiger partial charge in [-0.3, -0.25) is 4.72 Å². The Morgan fingerprint density at radius 1 is 1.25 bits per heavy atom. The van der Waals surface area contributed by atoms with Crippen molar-refractivity contribution in [2.24, 2.45) is 5.73 Å². The van der Waals surface area contributed by atoms with Crippen molar-refractivity contribution in [3.8, 4) is 0 Å². The van der Waals surface area contributed by atoms with E-state index in [2.05, 4.69) is 4.72 Å². The number of aromatic nitrogens is 1. The summed E-state index contributed by atoms with van der Waals surface area (Å²) in [6.45, 7) is 0.345. The largest absolute Gasteiger partial charge is 0.346 e. The lowest BCUT2D eigenvalue weighted by Crippen LogP contribution is -2.12. The summed E-state index contributed by atoms with van der Waals surface area (Å²) < 4.78 is 29.3. The fraction of sp³-hybridized carbons (Fsp3) is 0.286. The first-order valence-electron chi connectivity index (χ1n) is 6.59. The maximum atomic E-state index is 12.4. The van der Waals surface area contributed by atoms with Crippen molar-refractivity contribution in [1.82, 2.24) is 4.57 Å². The number of nitrogens with two attached hydrogens (primary N) is 1. The summed E-state index contributed by atoms with van der Waals surface area (Å²) in [7, 11) is -3.56. The summed E-state index contributed by atoms with van der Waals surface area (Å²) in [5.74, 6) is 0. The lowest BCUT2D eigenvalue weighted by molar-refractivity contribution is 0.600. The van der Waals surface area contributed by atoms with Crippen molar-refractivity contribution < 1.29 is 8.42 Å². The lowest BCUT2D eigenvalue weighted by atomic mass is 10.3. The number of anilines is 1. The molecule has 3 rings (SSSR count). The minimum atomic E-state index is -3.56. The second-order valence-corrected chi connectivity index (χ2v) is 6.66. The minimum absolute atomic E-state index is 0.272. The van der Waals surface area contributed by atoms with Crippen LogP contribution in [0.25, 0.3) is 0 Å². The second-order valence-electron chi connectivity index (χ2n) is 4.98. The fourth-order valence-electron chi connectivity index (χ4n) is 2.22. The normalized spacial score (nSPS) is 15.2. The van der Waals surface area contributed by atoms with Crippen molar-refractivity contribution in [3.63, 3.8) is 0 Å². The van der Waals surface area contributed by atoms with Gasteiger partial charge in [-0.1, -0.05) is 18.2 Å². The molecule has 2 aromatic rings. The van der Waals surface area contributed by atoms with E-state index in [0.717, 1.165) is 18.5 Å². The topological polar surface area (TPSA) is 77.1 Å². The van der Waals surface area contributed by atoms with Gasteiger partial charge in [0.2, 0.25) is 0 Å². The smallest absolute Gasteiger partial charge is 0.263 e. The Hall–Kier alpha value is -1.79. The Morgan fingerprint density at radius 3 is 2.55 bits per heavy atom. The molecule has 0 amide bonds. The Bertz CT molecular complexity index is 703. The third kappa shape index (κ3) is 2.57. The third-order valence-electron chi connectivity index (χ3n) is 3.39. The third-order valence-corrected chi connectivity index (χ3v) is 4.74. The number of sulfonamides is 1. The molecular formula is C14H17N3O2S. The zero-order valence-corrected chi connectivity index (χ0v) is 11.8. The number of rotatable bonds is 5. The van der Waals surface area contributed by atoms with Gasteiger partial charge in [0.05, 0.1) is 0 Å². The van der Waals surface area contributed by atoms with Gasteiger partial charge in [-0.2, -0.15) is 0 Å². The maximum absolute atomic E-state index is 12.4. The minimum Gasteiger partial charge on any atom is -0.346 e. The van der Waals surface area contributed by atoms with Crippen molar-refractivity contribution in [2.45, 2.75) is 30.3 Å². The van der Waals surface area contributed by atoms with Crippen molar-refractivity contribution in [2.75, 3.05) is 4.72 Å². The highest BCUT2D eigenvalue weighted by Gasteiger charge is 2.27. The number of hydrogen-bond acceptors (Lipinski definition) is 3. The Kier molecular flexibility index (Phi) is 3.27. The molecule has 106 valence electrons. The molecule has 0 saturated heterocycles. The molecule has 1 aromatic heterocycles. The molecule has 1 heterocycles. The molecule has 1 aliphatic carbocycles. The van der Waals surface area contributed by atoms with Crippen LogP contribution in [0.3, 0.4) is 0 Å². The first kappa shape index (κ1) is 13.2.